The Hall–Kier alpha value is -1.48. The van der Waals surface area contributed by atoms with E-state index in [0.29, 0.717) is 13.0 Å². The standard InChI is InChI=1S/C14H21NO2/c1-4-5-11-10-12(15)6-7-13(11)17-9-8-14(2,3)16/h4,6-7,10,16H,1,5,8-9,15H2,2-3H3. The van der Waals surface area contributed by atoms with E-state index in [1.807, 2.05) is 24.3 Å². The summed E-state index contributed by atoms with van der Waals surface area (Å²) in [5, 5.41) is 9.60. The Bertz CT molecular complexity index is 380. The van der Waals surface area contributed by atoms with Crippen LogP contribution in [0.2, 0.25) is 0 Å². The fourth-order valence-corrected chi connectivity index (χ4v) is 1.47. The smallest absolute Gasteiger partial charge is 0.122 e. The molecule has 0 amide bonds. The molecule has 0 aliphatic rings. The van der Waals surface area contributed by atoms with Gasteiger partial charge in [0.15, 0.2) is 0 Å². The highest BCUT2D eigenvalue weighted by molar-refractivity contribution is 5.48. The van der Waals surface area contributed by atoms with Crippen molar-refractivity contribution in [2.45, 2.75) is 32.3 Å². The molecular formula is C14H21NO2. The highest BCUT2D eigenvalue weighted by Gasteiger charge is 2.12. The van der Waals surface area contributed by atoms with E-state index in [1.54, 1.807) is 13.8 Å². The van der Waals surface area contributed by atoms with Crippen LogP contribution in [0.25, 0.3) is 0 Å². The lowest BCUT2D eigenvalue weighted by Crippen LogP contribution is -2.22. The van der Waals surface area contributed by atoms with Gasteiger partial charge in [-0.1, -0.05) is 6.08 Å². The van der Waals surface area contributed by atoms with E-state index < -0.39 is 5.60 Å². The Morgan fingerprint density at radius 1 is 1.47 bits per heavy atom. The van der Waals surface area contributed by atoms with Crippen LogP contribution in [-0.2, 0) is 6.42 Å². The summed E-state index contributed by atoms with van der Waals surface area (Å²) in [5.74, 6) is 0.809. The Labute approximate surface area is 103 Å². The quantitative estimate of drug-likeness (QED) is 0.588. The van der Waals surface area contributed by atoms with Gasteiger partial charge in [-0.05, 0) is 44.0 Å². The predicted octanol–water partition coefficient (Wildman–Crippen LogP) is 2.54. The topological polar surface area (TPSA) is 55.5 Å². The van der Waals surface area contributed by atoms with Gasteiger partial charge in [-0.3, -0.25) is 0 Å². The number of aliphatic hydroxyl groups is 1. The van der Waals surface area contributed by atoms with Crippen molar-refractivity contribution >= 4 is 5.69 Å². The summed E-state index contributed by atoms with van der Waals surface area (Å²) in [6, 6.07) is 5.56. The molecule has 0 aliphatic carbocycles. The van der Waals surface area contributed by atoms with Crippen LogP contribution in [0, 0.1) is 0 Å². The molecule has 0 bridgehead atoms. The number of benzene rings is 1. The van der Waals surface area contributed by atoms with Gasteiger partial charge in [0.25, 0.3) is 0 Å². The molecule has 3 nitrogen and oxygen atoms in total. The van der Waals surface area contributed by atoms with Crippen molar-refractivity contribution in [2.24, 2.45) is 0 Å². The van der Waals surface area contributed by atoms with Gasteiger partial charge in [0.05, 0.1) is 12.2 Å². The van der Waals surface area contributed by atoms with Crippen LogP contribution in [0.1, 0.15) is 25.8 Å². The van der Waals surface area contributed by atoms with Gasteiger partial charge in [-0.15, -0.1) is 6.58 Å². The zero-order valence-corrected chi connectivity index (χ0v) is 10.6. The van der Waals surface area contributed by atoms with E-state index >= 15 is 0 Å². The summed E-state index contributed by atoms with van der Waals surface area (Å²) >= 11 is 0. The SMILES string of the molecule is C=CCc1cc(N)ccc1OCCC(C)(C)O. The highest BCUT2D eigenvalue weighted by atomic mass is 16.5. The fraction of sp³-hybridized carbons (Fsp3) is 0.429. The van der Waals surface area contributed by atoms with Crippen LogP contribution in [-0.4, -0.2) is 17.3 Å². The molecule has 3 N–H and O–H groups in total. The Kier molecular flexibility index (Phi) is 4.58. The summed E-state index contributed by atoms with van der Waals surface area (Å²) in [5.41, 5.74) is 6.77. The van der Waals surface area contributed by atoms with Crippen molar-refractivity contribution < 1.29 is 9.84 Å². The van der Waals surface area contributed by atoms with Crippen molar-refractivity contribution in [2.75, 3.05) is 12.3 Å². The number of hydrogen-bond donors (Lipinski definition) is 2. The van der Waals surface area contributed by atoms with Crippen LogP contribution in [0.15, 0.2) is 30.9 Å². The third kappa shape index (κ3) is 4.91. The van der Waals surface area contributed by atoms with E-state index in [4.69, 9.17) is 10.5 Å². The Morgan fingerprint density at radius 2 is 2.18 bits per heavy atom. The van der Waals surface area contributed by atoms with Crippen LogP contribution < -0.4 is 10.5 Å². The summed E-state index contributed by atoms with van der Waals surface area (Å²) in [7, 11) is 0. The molecule has 1 rings (SSSR count). The maximum absolute atomic E-state index is 9.60. The van der Waals surface area contributed by atoms with Crippen LogP contribution >= 0.6 is 0 Å². The highest BCUT2D eigenvalue weighted by Crippen LogP contribution is 2.23. The van der Waals surface area contributed by atoms with Gasteiger partial charge in [0, 0.05) is 12.1 Å². The van der Waals surface area contributed by atoms with Gasteiger partial charge >= 0.3 is 0 Å². The molecule has 0 heterocycles. The van der Waals surface area contributed by atoms with Gasteiger partial charge in [-0.2, -0.15) is 0 Å². The minimum Gasteiger partial charge on any atom is -0.493 e. The number of rotatable bonds is 6. The average molecular weight is 235 g/mol. The molecule has 94 valence electrons. The average Bonchev–Trinajstić information content (AvgIpc) is 2.20. The van der Waals surface area contributed by atoms with E-state index in [9.17, 15) is 5.11 Å². The molecule has 0 unspecified atom stereocenters. The molecule has 0 aliphatic heterocycles. The number of nitrogens with two attached hydrogens (primary N) is 1. The molecule has 0 radical (unpaired) electrons. The normalized spacial score (nSPS) is 11.2. The molecule has 1 aromatic rings. The molecule has 0 saturated heterocycles. The van der Waals surface area contributed by atoms with Gasteiger partial charge < -0.3 is 15.6 Å². The van der Waals surface area contributed by atoms with Crippen molar-refractivity contribution in [1.82, 2.24) is 0 Å². The summed E-state index contributed by atoms with van der Waals surface area (Å²) in [4.78, 5) is 0. The maximum atomic E-state index is 9.60. The minimum absolute atomic E-state index is 0.484. The molecule has 0 fully saturated rings. The fourth-order valence-electron chi connectivity index (χ4n) is 1.47. The van der Waals surface area contributed by atoms with E-state index in [0.717, 1.165) is 23.4 Å². The molecule has 0 atom stereocenters. The third-order valence-corrected chi connectivity index (χ3v) is 2.42. The Balaban J connectivity index is 2.66. The van der Waals surface area contributed by atoms with E-state index in [1.165, 1.54) is 0 Å². The summed E-state index contributed by atoms with van der Waals surface area (Å²) < 4.78 is 5.66. The second-order valence-electron chi connectivity index (χ2n) is 4.77. The van der Waals surface area contributed by atoms with Crippen molar-refractivity contribution in [3.63, 3.8) is 0 Å². The molecule has 1 aromatic carbocycles. The molecule has 3 heteroatoms. The first-order valence-corrected chi connectivity index (χ1v) is 5.77. The van der Waals surface area contributed by atoms with Gasteiger partial charge in [0.2, 0.25) is 0 Å². The zero-order valence-electron chi connectivity index (χ0n) is 10.6. The molecule has 0 aromatic heterocycles. The second kappa shape index (κ2) is 5.73. The number of allylic oxidation sites excluding steroid dienone is 1. The summed E-state index contributed by atoms with van der Waals surface area (Å²) in [6.45, 7) is 7.73. The van der Waals surface area contributed by atoms with Crippen molar-refractivity contribution in [3.05, 3.63) is 36.4 Å². The largest absolute Gasteiger partial charge is 0.493 e. The number of anilines is 1. The van der Waals surface area contributed by atoms with E-state index in [2.05, 4.69) is 6.58 Å². The van der Waals surface area contributed by atoms with E-state index in [-0.39, 0.29) is 0 Å². The van der Waals surface area contributed by atoms with Gasteiger partial charge in [0.1, 0.15) is 5.75 Å². The Morgan fingerprint density at radius 3 is 2.76 bits per heavy atom. The summed E-state index contributed by atoms with van der Waals surface area (Å²) in [6.07, 6.45) is 3.13. The molecule has 0 spiro atoms. The zero-order chi connectivity index (χ0) is 12.9. The van der Waals surface area contributed by atoms with Crippen LogP contribution in [0.3, 0.4) is 0 Å². The lowest BCUT2D eigenvalue weighted by Gasteiger charge is -2.18. The first-order valence-electron chi connectivity index (χ1n) is 5.77. The molecule has 17 heavy (non-hydrogen) atoms. The van der Waals surface area contributed by atoms with Crippen molar-refractivity contribution in [1.29, 1.82) is 0 Å². The monoisotopic (exact) mass is 235 g/mol. The lowest BCUT2D eigenvalue weighted by molar-refractivity contribution is 0.0552. The lowest BCUT2D eigenvalue weighted by atomic mass is 10.1. The predicted molar refractivity (Wildman–Crippen MR) is 71.2 cm³/mol. The third-order valence-electron chi connectivity index (χ3n) is 2.42. The molecule has 0 saturated carbocycles. The molecular weight excluding hydrogens is 214 g/mol. The number of ether oxygens (including phenoxy) is 1. The van der Waals surface area contributed by atoms with Crippen LogP contribution in [0.5, 0.6) is 5.75 Å². The minimum atomic E-state index is -0.702. The second-order valence-corrected chi connectivity index (χ2v) is 4.77. The number of nitrogen functional groups attached to an aromatic ring is 1. The first kappa shape index (κ1) is 13.6. The van der Waals surface area contributed by atoms with Crippen molar-refractivity contribution in [3.8, 4) is 5.75 Å². The maximum Gasteiger partial charge on any atom is 0.122 e. The van der Waals surface area contributed by atoms with Crippen LogP contribution in [0.4, 0.5) is 5.69 Å². The number of hydrogen-bond acceptors (Lipinski definition) is 3. The van der Waals surface area contributed by atoms with Gasteiger partial charge in [-0.25, -0.2) is 0 Å². The first-order chi connectivity index (χ1) is 7.92.